The van der Waals surface area contributed by atoms with Gasteiger partial charge in [-0.1, -0.05) is 11.6 Å². The second kappa shape index (κ2) is 5.37. The molecule has 0 atom stereocenters. The van der Waals surface area contributed by atoms with Gasteiger partial charge in [0.1, 0.15) is 4.60 Å². The number of benzene rings is 1. The van der Waals surface area contributed by atoms with Crippen molar-refractivity contribution in [3.05, 3.63) is 51.7 Å². The predicted octanol–water partition coefficient (Wildman–Crippen LogP) is 3.33. The molecule has 0 saturated heterocycles. The van der Waals surface area contributed by atoms with Gasteiger partial charge >= 0.3 is 0 Å². The standard InChI is InChI=1S/C12H9BrClN3O/c13-11-10(2-1-5-16-11)17-12(18)8-6-7(14)3-4-9(8)15/h1-6H,15H2,(H,17,18). The Hall–Kier alpha value is -1.59. The third-order valence-electron chi connectivity index (χ3n) is 2.27. The highest BCUT2D eigenvalue weighted by Gasteiger charge is 2.12. The van der Waals surface area contributed by atoms with Crippen molar-refractivity contribution in [3.8, 4) is 0 Å². The number of anilines is 2. The summed E-state index contributed by atoms with van der Waals surface area (Å²) in [5.41, 5.74) is 7.01. The maximum absolute atomic E-state index is 12.0. The molecule has 0 aliphatic heterocycles. The van der Waals surface area contributed by atoms with Gasteiger partial charge in [0.15, 0.2) is 0 Å². The number of nitrogens with one attached hydrogen (secondary N) is 1. The lowest BCUT2D eigenvalue weighted by molar-refractivity contribution is 0.102. The summed E-state index contributed by atoms with van der Waals surface area (Å²) in [6, 6.07) is 8.21. The number of aromatic nitrogens is 1. The van der Waals surface area contributed by atoms with E-state index in [1.165, 1.54) is 6.07 Å². The van der Waals surface area contributed by atoms with Crippen molar-refractivity contribution in [1.29, 1.82) is 0 Å². The van der Waals surface area contributed by atoms with Crippen molar-refractivity contribution in [2.45, 2.75) is 0 Å². The second-order valence-corrected chi connectivity index (χ2v) is 4.72. The number of nitrogen functional groups attached to an aromatic ring is 1. The van der Waals surface area contributed by atoms with E-state index in [9.17, 15) is 4.79 Å². The monoisotopic (exact) mass is 325 g/mol. The molecule has 3 N–H and O–H groups in total. The van der Waals surface area contributed by atoms with Crippen LogP contribution < -0.4 is 11.1 Å². The van der Waals surface area contributed by atoms with Crippen molar-refractivity contribution >= 4 is 44.8 Å². The molecule has 0 fully saturated rings. The van der Waals surface area contributed by atoms with Crippen LogP contribution in [0, 0.1) is 0 Å². The van der Waals surface area contributed by atoms with Gasteiger partial charge in [0.25, 0.3) is 5.91 Å². The molecule has 6 heteroatoms. The first-order valence-electron chi connectivity index (χ1n) is 5.05. The van der Waals surface area contributed by atoms with Gasteiger partial charge < -0.3 is 11.1 Å². The molecule has 4 nitrogen and oxygen atoms in total. The topological polar surface area (TPSA) is 68.0 Å². The Bertz CT molecular complexity index is 604. The molecule has 0 radical (unpaired) electrons. The highest BCUT2D eigenvalue weighted by molar-refractivity contribution is 9.10. The van der Waals surface area contributed by atoms with E-state index in [-0.39, 0.29) is 5.91 Å². The summed E-state index contributed by atoms with van der Waals surface area (Å²) in [5, 5.41) is 3.17. The maximum atomic E-state index is 12.0. The quantitative estimate of drug-likeness (QED) is 0.657. The van der Waals surface area contributed by atoms with Crippen LogP contribution in [0.2, 0.25) is 5.02 Å². The zero-order chi connectivity index (χ0) is 13.1. The van der Waals surface area contributed by atoms with E-state index in [0.29, 0.717) is 26.6 Å². The molecule has 0 saturated carbocycles. The maximum Gasteiger partial charge on any atom is 0.257 e. The molecule has 92 valence electrons. The van der Waals surface area contributed by atoms with Gasteiger partial charge in [-0.05, 0) is 46.3 Å². The van der Waals surface area contributed by atoms with Crippen LogP contribution in [0.3, 0.4) is 0 Å². The number of halogens is 2. The van der Waals surface area contributed by atoms with Crippen LogP contribution in [0.15, 0.2) is 41.1 Å². The zero-order valence-corrected chi connectivity index (χ0v) is 11.5. The lowest BCUT2D eigenvalue weighted by Gasteiger charge is -2.08. The van der Waals surface area contributed by atoms with Crippen LogP contribution in [-0.4, -0.2) is 10.9 Å². The Labute approximate surface area is 117 Å². The lowest BCUT2D eigenvalue weighted by Crippen LogP contribution is -2.14. The molecule has 18 heavy (non-hydrogen) atoms. The summed E-state index contributed by atoms with van der Waals surface area (Å²) < 4.78 is 0.555. The first-order chi connectivity index (χ1) is 8.58. The molecule has 1 aromatic carbocycles. The average Bonchev–Trinajstić information content (AvgIpc) is 2.35. The molecular formula is C12H9BrClN3O. The van der Waals surface area contributed by atoms with Gasteiger partial charge in [-0.25, -0.2) is 4.98 Å². The molecule has 0 spiro atoms. The number of carbonyl (C=O) groups excluding carboxylic acids is 1. The van der Waals surface area contributed by atoms with E-state index in [2.05, 4.69) is 26.2 Å². The van der Waals surface area contributed by atoms with E-state index < -0.39 is 0 Å². The van der Waals surface area contributed by atoms with Crippen LogP contribution in [0.5, 0.6) is 0 Å². The van der Waals surface area contributed by atoms with Crippen LogP contribution in [-0.2, 0) is 0 Å². The number of nitrogens with two attached hydrogens (primary N) is 1. The molecular weight excluding hydrogens is 318 g/mol. The smallest absolute Gasteiger partial charge is 0.257 e. The number of hydrogen-bond donors (Lipinski definition) is 2. The van der Waals surface area contributed by atoms with E-state index in [4.69, 9.17) is 17.3 Å². The van der Waals surface area contributed by atoms with Gasteiger partial charge in [-0.3, -0.25) is 4.79 Å². The molecule has 0 bridgehead atoms. The van der Waals surface area contributed by atoms with Crippen LogP contribution in [0.25, 0.3) is 0 Å². The Morgan fingerprint density at radius 1 is 1.39 bits per heavy atom. The van der Waals surface area contributed by atoms with Gasteiger partial charge in [0.05, 0.1) is 11.3 Å². The lowest BCUT2D eigenvalue weighted by atomic mass is 10.1. The Balaban J connectivity index is 2.28. The Morgan fingerprint density at radius 2 is 2.17 bits per heavy atom. The largest absolute Gasteiger partial charge is 0.398 e. The van der Waals surface area contributed by atoms with Crippen LogP contribution in [0.1, 0.15) is 10.4 Å². The number of carbonyl (C=O) groups is 1. The van der Waals surface area contributed by atoms with E-state index in [0.717, 1.165) is 0 Å². The molecule has 1 amide bonds. The summed E-state index contributed by atoms with van der Waals surface area (Å²) >= 11 is 9.09. The minimum Gasteiger partial charge on any atom is -0.398 e. The minimum absolute atomic E-state index is 0.330. The first kappa shape index (κ1) is 12.9. The Morgan fingerprint density at radius 3 is 2.89 bits per heavy atom. The van der Waals surface area contributed by atoms with Crippen molar-refractivity contribution < 1.29 is 4.79 Å². The van der Waals surface area contributed by atoms with Crippen molar-refractivity contribution in [1.82, 2.24) is 4.98 Å². The summed E-state index contributed by atoms with van der Waals surface area (Å²) in [6.07, 6.45) is 1.62. The molecule has 0 aliphatic carbocycles. The molecule has 1 aromatic heterocycles. The van der Waals surface area contributed by atoms with E-state index in [1.807, 2.05) is 0 Å². The number of nitrogens with zero attached hydrogens (tertiary/aromatic N) is 1. The molecule has 1 heterocycles. The summed E-state index contributed by atoms with van der Waals surface area (Å²) in [6.45, 7) is 0. The fraction of sp³-hybridized carbons (Fsp3) is 0. The highest BCUT2D eigenvalue weighted by Crippen LogP contribution is 2.22. The van der Waals surface area contributed by atoms with Gasteiger partial charge in [-0.2, -0.15) is 0 Å². The Kier molecular flexibility index (Phi) is 3.84. The fourth-order valence-electron chi connectivity index (χ4n) is 1.39. The van der Waals surface area contributed by atoms with E-state index >= 15 is 0 Å². The highest BCUT2D eigenvalue weighted by atomic mass is 79.9. The van der Waals surface area contributed by atoms with Crippen molar-refractivity contribution in [2.24, 2.45) is 0 Å². The summed E-state index contributed by atoms with van der Waals surface area (Å²) in [4.78, 5) is 16.1. The number of hydrogen-bond acceptors (Lipinski definition) is 3. The number of amides is 1. The SMILES string of the molecule is Nc1ccc(Cl)cc1C(=O)Nc1cccnc1Br. The van der Waals surface area contributed by atoms with E-state index in [1.54, 1.807) is 30.5 Å². The van der Waals surface area contributed by atoms with Crippen molar-refractivity contribution in [2.75, 3.05) is 11.1 Å². The minimum atomic E-state index is -0.330. The van der Waals surface area contributed by atoms with Crippen LogP contribution in [0.4, 0.5) is 11.4 Å². The number of rotatable bonds is 2. The third kappa shape index (κ3) is 2.80. The number of pyridine rings is 1. The van der Waals surface area contributed by atoms with Gasteiger partial charge in [0, 0.05) is 16.9 Å². The fourth-order valence-corrected chi connectivity index (χ4v) is 1.92. The van der Waals surface area contributed by atoms with Gasteiger partial charge in [0.2, 0.25) is 0 Å². The van der Waals surface area contributed by atoms with Crippen LogP contribution >= 0.6 is 27.5 Å². The van der Waals surface area contributed by atoms with Crippen molar-refractivity contribution in [3.63, 3.8) is 0 Å². The normalized spacial score (nSPS) is 10.1. The van der Waals surface area contributed by atoms with Gasteiger partial charge in [-0.15, -0.1) is 0 Å². The molecule has 2 aromatic rings. The third-order valence-corrected chi connectivity index (χ3v) is 3.13. The predicted molar refractivity (Wildman–Crippen MR) is 75.8 cm³/mol. The molecule has 2 rings (SSSR count). The average molecular weight is 327 g/mol. The zero-order valence-electron chi connectivity index (χ0n) is 9.15. The summed E-state index contributed by atoms with van der Waals surface area (Å²) in [7, 11) is 0. The summed E-state index contributed by atoms with van der Waals surface area (Å²) in [5.74, 6) is -0.330. The first-order valence-corrected chi connectivity index (χ1v) is 6.22. The molecule has 0 aliphatic rings. The molecule has 0 unspecified atom stereocenters. The second-order valence-electron chi connectivity index (χ2n) is 3.53.